The Kier molecular flexibility index (Phi) is 3.01. The molecule has 1 aromatic carbocycles. The molecule has 1 aliphatic carbocycles. The Morgan fingerprint density at radius 1 is 1.14 bits per heavy atom. The molecule has 3 aliphatic heterocycles. The summed E-state index contributed by atoms with van der Waals surface area (Å²) in [6.07, 6.45) is 5.67. The Morgan fingerprint density at radius 2 is 2.10 bits per heavy atom. The fraction of sp³-hybridized carbons (Fsp3) is 0.667. The van der Waals surface area contributed by atoms with Gasteiger partial charge in [0.2, 0.25) is 0 Å². The molecule has 1 aromatic rings. The van der Waals surface area contributed by atoms with Crippen molar-refractivity contribution in [3.63, 3.8) is 0 Å². The Hall–Kier alpha value is -0.670. The number of hydrogen-bond donors (Lipinski definition) is 0. The first-order valence-corrected chi connectivity index (χ1v) is 9.63. The lowest BCUT2D eigenvalue weighted by atomic mass is 9.89. The van der Waals surface area contributed by atoms with Crippen LogP contribution in [0.15, 0.2) is 23.1 Å². The van der Waals surface area contributed by atoms with Crippen molar-refractivity contribution in [3.8, 4) is 0 Å². The van der Waals surface area contributed by atoms with Crippen molar-refractivity contribution in [3.05, 3.63) is 23.8 Å². The highest BCUT2D eigenvalue weighted by atomic mass is 32.2. The van der Waals surface area contributed by atoms with E-state index in [0.29, 0.717) is 0 Å². The first-order valence-electron chi connectivity index (χ1n) is 8.65. The minimum Gasteiger partial charge on any atom is -0.367 e. The molecule has 21 heavy (non-hydrogen) atoms. The molecule has 1 saturated carbocycles. The molecule has 2 fully saturated rings. The molecule has 5 rings (SSSR count). The quantitative estimate of drug-likeness (QED) is 0.824. The molecule has 2 atom stereocenters. The summed E-state index contributed by atoms with van der Waals surface area (Å²) in [6, 6.07) is 7.85. The third-order valence-corrected chi connectivity index (χ3v) is 6.93. The first kappa shape index (κ1) is 12.8. The molecule has 0 aromatic heterocycles. The zero-order chi connectivity index (χ0) is 13.8. The lowest BCUT2D eigenvalue weighted by molar-refractivity contribution is 0.186. The SMILES string of the molecule is c1cc2c3c(c1)[C@H]1CN(CC4CC4)CC[C@H]1N3CCCS2. The molecular weight excluding hydrogens is 276 g/mol. The Labute approximate surface area is 131 Å². The number of benzene rings is 1. The summed E-state index contributed by atoms with van der Waals surface area (Å²) >= 11 is 2.08. The number of anilines is 1. The van der Waals surface area contributed by atoms with E-state index < -0.39 is 0 Å². The van der Waals surface area contributed by atoms with Crippen LogP contribution >= 0.6 is 11.8 Å². The van der Waals surface area contributed by atoms with Gasteiger partial charge in [0.25, 0.3) is 0 Å². The van der Waals surface area contributed by atoms with Crippen molar-refractivity contribution in [1.29, 1.82) is 0 Å². The summed E-state index contributed by atoms with van der Waals surface area (Å²) in [6.45, 7) is 5.28. The summed E-state index contributed by atoms with van der Waals surface area (Å²) in [7, 11) is 0. The van der Waals surface area contributed by atoms with Crippen LogP contribution in [0.25, 0.3) is 0 Å². The summed E-state index contributed by atoms with van der Waals surface area (Å²) in [5.74, 6) is 3.09. The van der Waals surface area contributed by atoms with Gasteiger partial charge in [-0.3, -0.25) is 0 Å². The fourth-order valence-corrected chi connectivity index (χ4v) is 5.68. The van der Waals surface area contributed by atoms with Gasteiger partial charge < -0.3 is 9.80 Å². The Morgan fingerprint density at radius 3 is 3.00 bits per heavy atom. The first-order chi connectivity index (χ1) is 10.4. The highest BCUT2D eigenvalue weighted by Gasteiger charge is 2.43. The van der Waals surface area contributed by atoms with Crippen LogP contribution in [-0.2, 0) is 0 Å². The van der Waals surface area contributed by atoms with E-state index in [-0.39, 0.29) is 0 Å². The molecule has 3 heteroatoms. The number of nitrogens with zero attached hydrogens (tertiary/aromatic N) is 2. The van der Waals surface area contributed by atoms with Gasteiger partial charge in [-0.05, 0) is 49.0 Å². The maximum atomic E-state index is 2.78. The van der Waals surface area contributed by atoms with Gasteiger partial charge in [0, 0.05) is 43.0 Å². The molecule has 1 saturated heterocycles. The zero-order valence-electron chi connectivity index (χ0n) is 12.6. The number of likely N-dealkylation sites (tertiary alicyclic amines) is 1. The third-order valence-electron chi connectivity index (χ3n) is 5.79. The van der Waals surface area contributed by atoms with Gasteiger partial charge in [0.05, 0.1) is 5.69 Å². The smallest absolute Gasteiger partial charge is 0.0543 e. The van der Waals surface area contributed by atoms with Crippen LogP contribution in [0, 0.1) is 5.92 Å². The second kappa shape index (κ2) is 4.92. The number of fused-ring (bicyclic) bond motifs is 3. The van der Waals surface area contributed by atoms with Crippen molar-refractivity contribution in [2.75, 3.05) is 36.8 Å². The number of rotatable bonds is 2. The van der Waals surface area contributed by atoms with Crippen LogP contribution < -0.4 is 4.90 Å². The molecule has 0 bridgehead atoms. The lowest BCUT2D eigenvalue weighted by Gasteiger charge is -2.39. The zero-order valence-corrected chi connectivity index (χ0v) is 13.4. The molecule has 0 amide bonds. The molecule has 0 spiro atoms. The van der Waals surface area contributed by atoms with Crippen molar-refractivity contribution >= 4 is 17.4 Å². The topological polar surface area (TPSA) is 6.48 Å². The van der Waals surface area contributed by atoms with Crippen molar-refractivity contribution in [1.82, 2.24) is 4.90 Å². The molecular formula is C18H24N2S. The molecule has 3 heterocycles. The van der Waals surface area contributed by atoms with E-state index in [0.717, 1.165) is 17.9 Å². The second-order valence-corrected chi connectivity index (χ2v) is 8.39. The Bertz CT molecular complexity index is 554. The van der Waals surface area contributed by atoms with Crippen LogP contribution in [0.4, 0.5) is 5.69 Å². The minimum atomic E-state index is 0.770. The van der Waals surface area contributed by atoms with Crippen molar-refractivity contribution in [2.45, 2.75) is 42.5 Å². The summed E-state index contributed by atoms with van der Waals surface area (Å²) in [5, 5.41) is 0. The predicted molar refractivity (Wildman–Crippen MR) is 89.4 cm³/mol. The van der Waals surface area contributed by atoms with Crippen LogP contribution in [0.1, 0.15) is 37.2 Å². The summed E-state index contributed by atoms with van der Waals surface area (Å²) in [5.41, 5.74) is 3.27. The molecule has 4 aliphatic rings. The number of hydrogen-bond acceptors (Lipinski definition) is 3. The van der Waals surface area contributed by atoms with Gasteiger partial charge in [-0.2, -0.15) is 0 Å². The van der Waals surface area contributed by atoms with E-state index in [1.54, 1.807) is 16.1 Å². The number of para-hydroxylation sites is 1. The number of piperidine rings is 1. The number of thioether (sulfide) groups is 1. The monoisotopic (exact) mass is 300 g/mol. The van der Waals surface area contributed by atoms with E-state index in [1.165, 1.54) is 57.6 Å². The normalized spacial score (nSPS) is 31.7. The Balaban J connectivity index is 1.49. The van der Waals surface area contributed by atoms with E-state index in [2.05, 4.69) is 39.8 Å². The highest BCUT2D eigenvalue weighted by Crippen LogP contribution is 2.50. The van der Waals surface area contributed by atoms with E-state index >= 15 is 0 Å². The largest absolute Gasteiger partial charge is 0.367 e. The van der Waals surface area contributed by atoms with Crippen molar-refractivity contribution in [2.24, 2.45) is 5.92 Å². The van der Waals surface area contributed by atoms with Crippen LogP contribution in [0.3, 0.4) is 0 Å². The molecule has 0 unspecified atom stereocenters. The fourth-order valence-electron chi connectivity index (χ4n) is 4.64. The molecule has 112 valence electrons. The molecule has 0 N–H and O–H groups in total. The van der Waals surface area contributed by atoms with Crippen LogP contribution in [0.2, 0.25) is 0 Å². The van der Waals surface area contributed by atoms with Crippen LogP contribution in [-0.4, -0.2) is 42.9 Å². The lowest BCUT2D eigenvalue weighted by Crippen LogP contribution is -2.47. The average Bonchev–Trinajstić information content (AvgIpc) is 3.28. The maximum absolute atomic E-state index is 2.78. The average molecular weight is 300 g/mol. The van der Waals surface area contributed by atoms with E-state index in [4.69, 9.17) is 0 Å². The van der Waals surface area contributed by atoms with E-state index in [1.807, 2.05) is 0 Å². The van der Waals surface area contributed by atoms with Crippen molar-refractivity contribution < 1.29 is 0 Å². The molecule has 0 radical (unpaired) electrons. The third kappa shape index (κ3) is 2.12. The van der Waals surface area contributed by atoms with E-state index in [9.17, 15) is 0 Å². The second-order valence-electron chi connectivity index (χ2n) is 7.25. The van der Waals surface area contributed by atoms with Gasteiger partial charge in [0.15, 0.2) is 0 Å². The highest BCUT2D eigenvalue weighted by molar-refractivity contribution is 7.99. The summed E-state index contributed by atoms with van der Waals surface area (Å²) < 4.78 is 0. The van der Waals surface area contributed by atoms with Gasteiger partial charge in [0.1, 0.15) is 0 Å². The van der Waals surface area contributed by atoms with Gasteiger partial charge in [-0.1, -0.05) is 12.1 Å². The standard InChI is InChI=1S/C18H24N2S/c1-3-14-15-12-19(11-13-5-6-13)9-7-16(15)20-8-2-10-21-17(4-1)18(14)20/h1,3-4,13,15-16H,2,5-12H2/t15-,16-/m1/s1. The minimum absolute atomic E-state index is 0.770. The molecule has 2 nitrogen and oxygen atoms in total. The van der Waals surface area contributed by atoms with Gasteiger partial charge >= 0.3 is 0 Å². The van der Waals surface area contributed by atoms with Gasteiger partial charge in [-0.15, -0.1) is 11.8 Å². The van der Waals surface area contributed by atoms with Gasteiger partial charge in [-0.25, -0.2) is 0 Å². The van der Waals surface area contributed by atoms with Crippen LogP contribution in [0.5, 0.6) is 0 Å². The predicted octanol–water partition coefficient (Wildman–Crippen LogP) is 3.57. The summed E-state index contributed by atoms with van der Waals surface area (Å²) in [4.78, 5) is 7.09. The maximum Gasteiger partial charge on any atom is 0.0543 e.